The largest absolute Gasteiger partial charge is 0.448 e. The molecule has 1 aromatic heterocycles. The van der Waals surface area contributed by atoms with E-state index in [4.69, 9.17) is 18.9 Å². The standard InChI is InChI=1S/C52H64FN5O10.CH4/c1-7-57(8-2)21-19-54-50(62)48-33(4)45(56-34(48)5)30-43-42-29-37(53)14-17-46(42)58(51(43)63)52(64)68-31-44-40-27-35(47(60)11-9-25-67-32(3)18-22-59)12-15-38(40)39-16-13-36(28-41(39)44)49(61)55-20-26-66-24-10-23-65-6;/h12-17,27-30,32,44,56,59H,7-11,18-26,31H2,1-6H3,(H,54,62)(H,55,61);1H4/b43-30-;. The van der Waals surface area contributed by atoms with E-state index in [2.05, 4.69) is 34.4 Å². The lowest BCUT2D eigenvalue weighted by molar-refractivity contribution is -0.112. The molecule has 16 heteroatoms. The second-order valence-electron chi connectivity index (χ2n) is 17.0. The van der Waals surface area contributed by atoms with Crippen LogP contribution in [0.25, 0.3) is 22.8 Å². The zero-order valence-corrected chi connectivity index (χ0v) is 39.9. The summed E-state index contributed by atoms with van der Waals surface area (Å²) < 4.78 is 37.3. The fraction of sp³-hybridized carbons (Fsp3) is 0.453. The van der Waals surface area contributed by atoms with Crippen LogP contribution in [0, 0.1) is 19.7 Å². The Morgan fingerprint density at radius 3 is 2.28 bits per heavy atom. The Hall–Kier alpha value is -6.04. The number of rotatable bonds is 25. The SMILES string of the molecule is C.CCN(CC)CCNC(=O)c1c(C)[nH]c(/C=C2\C(=O)N(C(=O)OCC3c4cc(C(=O)CCCOC(C)CCO)ccc4-c4ccc(C(=O)NCCOCCCOC)cc43)c3ccc(F)cc32)c1C. The van der Waals surface area contributed by atoms with Crippen LogP contribution in [0.4, 0.5) is 14.9 Å². The van der Waals surface area contributed by atoms with Crippen LogP contribution in [0.5, 0.6) is 0 Å². The van der Waals surface area contributed by atoms with E-state index in [0.717, 1.165) is 41.6 Å². The smallest absolute Gasteiger partial charge is 0.421 e. The van der Waals surface area contributed by atoms with Gasteiger partial charge in [-0.2, -0.15) is 0 Å². The van der Waals surface area contributed by atoms with E-state index in [1.165, 1.54) is 18.2 Å². The van der Waals surface area contributed by atoms with E-state index in [9.17, 15) is 33.5 Å². The van der Waals surface area contributed by atoms with Crippen LogP contribution in [-0.2, 0) is 23.7 Å². The number of imide groups is 1. The highest BCUT2D eigenvalue weighted by Gasteiger charge is 2.40. The number of aliphatic hydroxyl groups excluding tert-OH is 1. The summed E-state index contributed by atoms with van der Waals surface area (Å²) in [7, 11) is 1.62. The Kier molecular flexibility index (Phi) is 19.9. The summed E-state index contributed by atoms with van der Waals surface area (Å²) >= 11 is 0. The van der Waals surface area contributed by atoms with Gasteiger partial charge in [-0.3, -0.25) is 19.2 Å². The number of nitrogens with one attached hydrogen (secondary N) is 3. The van der Waals surface area contributed by atoms with Crippen molar-refractivity contribution in [1.29, 1.82) is 0 Å². The molecule has 1 aliphatic heterocycles. The van der Waals surface area contributed by atoms with Crippen molar-refractivity contribution < 1.29 is 52.4 Å². The number of Topliss-reactive ketones (excluding diaryl/α,β-unsaturated/α-hetero) is 1. The zero-order valence-electron chi connectivity index (χ0n) is 39.9. The van der Waals surface area contributed by atoms with Crippen LogP contribution in [0.15, 0.2) is 54.6 Å². The molecule has 0 spiro atoms. The fourth-order valence-corrected chi connectivity index (χ4v) is 8.69. The number of nitrogens with zero attached hydrogens (tertiary/aromatic N) is 2. The Labute approximate surface area is 404 Å². The monoisotopic (exact) mass is 953 g/mol. The normalized spacial score (nSPS) is 14.6. The molecule has 6 rings (SSSR count). The highest BCUT2D eigenvalue weighted by atomic mass is 19.1. The number of likely N-dealkylation sites (N-methyl/N-ethyl adjacent to an activating group) is 1. The molecule has 0 saturated heterocycles. The number of H-pyrrole nitrogens is 1. The number of fused-ring (bicyclic) bond motifs is 4. The lowest BCUT2D eigenvalue weighted by Gasteiger charge is -2.19. The maximum atomic E-state index is 14.9. The van der Waals surface area contributed by atoms with E-state index in [0.29, 0.717) is 97.1 Å². The van der Waals surface area contributed by atoms with Crippen molar-refractivity contribution in [2.75, 3.05) is 84.4 Å². The predicted molar refractivity (Wildman–Crippen MR) is 264 cm³/mol. The van der Waals surface area contributed by atoms with Crippen molar-refractivity contribution in [1.82, 2.24) is 20.5 Å². The Morgan fingerprint density at radius 2 is 1.58 bits per heavy atom. The summed E-state index contributed by atoms with van der Waals surface area (Å²) in [5, 5.41) is 15.1. The molecule has 0 radical (unpaired) electrons. The molecule has 2 heterocycles. The minimum absolute atomic E-state index is 0. The van der Waals surface area contributed by atoms with Gasteiger partial charge in [0.15, 0.2) is 5.78 Å². The van der Waals surface area contributed by atoms with Crippen LogP contribution < -0.4 is 15.5 Å². The molecule has 4 amide bonds. The molecular weight excluding hydrogens is 886 g/mol. The number of methoxy groups -OCH3 is 1. The molecule has 3 aromatic carbocycles. The number of anilines is 1. The zero-order chi connectivity index (χ0) is 48.9. The molecule has 1 aliphatic carbocycles. The van der Waals surface area contributed by atoms with E-state index >= 15 is 0 Å². The molecule has 0 saturated carbocycles. The molecular formula is C53H68FN5O10. The fourth-order valence-electron chi connectivity index (χ4n) is 8.69. The molecule has 0 fully saturated rings. The number of benzene rings is 3. The number of ketones is 1. The highest BCUT2D eigenvalue weighted by molar-refractivity contribution is 6.41. The minimum Gasteiger partial charge on any atom is -0.448 e. The lowest BCUT2D eigenvalue weighted by atomic mass is 9.94. The van der Waals surface area contributed by atoms with Crippen LogP contribution >= 0.6 is 0 Å². The topological polar surface area (TPSA) is 189 Å². The Morgan fingerprint density at radius 1 is 0.884 bits per heavy atom. The Bertz CT molecular complexity index is 2500. The number of hydrogen-bond acceptors (Lipinski definition) is 11. The van der Waals surface area contributed by atoms with Crippen molar-refractivity contribution in [3.63, 3.8) is 0 Å². The number of carbonyl (C=O) groups is 5. The molecule has 2 unspecified atom stereocenters. The predicted octanol–water partition coefficient (Wildman–Crippen LogP) is 7.85. The Balaban J connectivity index is 0.00000888. The van der Waals surface area contributed by atoms with Crippen molar-refractivity contribution in [3.8, 4) is 11.1 Å². The first-order chi connectivity index (χ1) is 32.8. The van der Waals surface area contributed by atoms with Gasteiger partial charge < -0.3 is 44.6 Å². The summed E-state index contributed by atoms with van der Waals surface area (Å²) in [6.07, 6.45) is 2.31. The second kappa shape index (κ2) is 25.5. The number of carbonyl (C=O) groups excluding carboxylic acids is 5. The molecule has 2 atom stereocenters. The summed E-state index contributed by atoms with van der Waals surface area (Å²) in [6.45, 7) is 14.1. The first-order valence-electron chi connectivity index (χ1n) is 23.4. The maximum Gasteiger partial charge on any atom is 0.421 e. The summed E-state index contributed by atoms with van der Waals surface area (Å²) in [6, 6.07) is 14.4. The van der Waals surface area contributed by atoms with Gasteiger partial charge in [0.05, 0.1) is 29.5 Å². The maximum absolute atomic E-state index is 14.9. The molecule has 0 bridgehead atoms. The third-order valence-electron chi connectivity index (χ3n) is 12.5. The summed E-state index contributed by atoms with van der Waals surface area (Å²) in [5.74, 6) is -2.71. The third-order valence-corrected chi connectivity index (χ3v) is 12.5. The summed E-state index contributed by atoms with van der Waals surface area (Å²) in [4.78, 5) is 75.1. The van der Waals surface area contributed by atoms with Crippen molar-refractivity contribution in [3.05, 3.63) is 111 Å². The summed E-state index contributed by atoms with van der Waals surface area (Å²) in [5.41, 5.74) is 6.18. The number of aromatic nitrogens is 1. The number of hydrogen-bond donors (Lipinski definition) is 4. The van der Waals surface area contributed by atoms with E-state index < -0.39 is 23.7 Å². The van der Waals surface area contributed by atoms with Crippen molar-refractivity contribution in [2.45, 2.75) is 79.8 Å². The quantitative estimate of drug-likeness (QED) is 0.0288. The van der Waals surface area contributed by atoms with E-state index in [1.807, 2.05) is 19.1 Å². The van der Waals surface area contributed by atoms with Crippen LogP contribution in [0.3, 0.4) is 0 Å². The van der Waals surface area contributed by atoms with Gasteiger partial charge in [-0.25, -0.2) is 14.1 Å². The number of aromatic amines is 1. The molecule has 69 heavy (non-hydrogen) atoms. The van der Waals surface area contributed by atoms with Crippen LogP contribution in [-0.4, -0.2) is 130 Å². The van der Waals surface area contributed by atoms with Gasteiger partial charge in [-0.15, -0.1) is 0 Å². The van der Waals surface area contributed by atoms with Gasteiger partial charge in [0, 0.05) is 93.6 Å². The van der Waals surface area contributed by atoms with Crippen molar-refractivity contribution in [2.24, 2.45) is 0 Å². The van der Waals surface area contributed by atoms with E-state index in [-0.39, 0.29) is 74.1 Å². The number of aryl methyl sites for hydroxylation is 1. The van der Waals surface area contributed by atoms with Gasteiger partial charge in [0.25, 0.3) is 17.7 Å². The molecule has 15 nitrogen and oxygen atoms in total. The first-order valence-corrected chi connectivity index (χ1v) is 23.4. The van der Waals surface area contributed by atoms with Gasteiger partial charge in [-0.05, 0) is 123 Å². The van der Waals surface area contributed by atoms with Gasteiger partial charge in [0.1, 0.15) is 12.4 Å². The number of amides is 4. The highest BCUT2D eigenvalue weighted by Crippen LogP contribution is 2.46. The van der Waals surface area contributed by atoms with Gasteiger partial charge in [-0.1, -0.05) is 39.5 Å². The molecule has 2 aliphatic rings. The number of halogens is 1. The average molecular weight is 954 g/mol. The van der Waals surface area contributed by atoms with Gasteiger partial charge in [0.2, 0.25) is 0 Å². The van der Waals surface area contributed by atoms with Crippen LogP contribution in [0.1, 0.15) is 125 Å². The molecule has 4 N–H and O–H groups in total. The molecule has 372 valence electrons. The van der Waals surface area contributed by atoms with Gasteiger partial charge >= 0.3 is 6.09 Å². The number of ether oxygens (including phenoxy) is 4. The average Bonchev–Trinajstić information content (AvgIpc) is 3.90. The van der Waals surface area contributed by atoms with Crippen LogP contribution in [0.2, 0.25) is 0 Å². The lowest BCUT2D eigenvalue weighted by Crippen LogP contribution is -2.35. The second-order valence-corrected chi connectivity index (χ2v) is 17.0. The molecule has 4 aromatic rings. The minimum atomic E-state index is -1.00. The number of aliphatic hydroxyl groups is 1. The third kappa shape index (κ3) is 13.0. The first kappa shape index (κ1) is 53.9. The van der Waals surface area contributed by atoms with E-state index in [1.54, 1.807) is 45.2 Å². The van der Waals surface area contributed by atoms with Crippen molar-refractivity contribution >= 4 is 46.9 Å².